The lowest BCUT2D eigenvalue weighted by Crippen LogP contribution is -2.15. The molecular weight excluding hydrogens is 414 g/mol. The molecule has 2 aromatic heterocycles. The minimum atomic E-state index is -0.313. The van der Waals surface area contributed by atoms with Crippen molar-refractivity contribution in [3.05, 3.63) is 76.2 Å². The maximum Gasteiger partial charge on any atom is 0.262 e. The second-order valence-corrected chi connectivity index (χ2v) is 7.94. The standard InChI is InChI=1S/C22H19N5O3S/c1-13-4-3-5-17(10-13)27-20-18(11-23-27)21(30)26-22(25-20)31-12-19(29)24-16-8-6-15(7-9-16)14(2)28/h3-11H,12H2,1-2H3,(H,24,29)(H,25,26,30). The highest BCUT2D eigenvalue weighted by Gasteiger charge is 2.13. The molecule has 31 heavy (non-hydrogen) atoms. The van der Waals surface area contributed by atoms with Gasteiger partial charge in [0.25, 0.3) is 5.56 Å². The number of fused-ring (bicyclic) bond motifs is 1. The van der Waals surface area contributed by atoms with Crippen molar-refractivity contribution in [2.45, 2.75) is 19.0 Å². The number of rotatable bonds is 6. The van der Waals surface area contributed by atoms with Gasteiger partial charge in [-0.2, -0.15) is 5.10 Å². The Hall–Kier alpha value is -3.72. The van der Waals surface area contributed by atoms with Gasteiger partial charge in [0.15, 0.2) is 16.6 Å². The molecule has 0 aliphatic heterocycles. The molecule has 9 heteroatoms. The van der Waals surface area contributed by atoms with Crippen LogP contribution in [0.3, 0.4) is 0 Å². The number of anilines is 1. The van der Waals surface area contributed by atoms with Crippen LogP contribution in [-0.4, -0.2) is 37.2 Å². The summed E-state index contributed by atoms with van der Waals surface area (Å²) < 4.78 is 1.61. The van der Waals surface area contributed by atoms with Crippen molar-refractivity contribution in [1.82, 2.24) is 19.7 Å². The fraction of sp³-hybridized carbons (Fsp3) is 0.136. The Kier molecular flexibility index (Phi) is 5.68. The van der Waals surface area contributed by atoms with Crippen molar-refractivity contribution in [3.63, 3.8) is 0 Å². The smallest absolute Gasteiger partial charge is 0.262 e. The van der Waals surface area contributed by atoms with Gasteiger partial charge in [-0.05, 0) is 55.8 Å². The SMILES string of the molecule is CC(=O)c1ccc(NC(=O)CSc2nc3c(cnn3-c3cccc(C)c3)c(=O)[nH]2)cc1. The summed E-state index contributed by atoms with van der Waals surface area (Å²) in [5, 5.41) is 7.76. The number of H-pyrrole nitrogens is 1. The predicted molar refractivity (Wildman–Crippen MR) is 120 cm³/mol. The zero-order chi connectivity index (χ0) is 22.0. The van der Waals surface area contributed by atoms with Crippen LogP contribution in [0.25, 0.3) is 16.7 Å². The van der Waals surface area contributed by atoms with Gasteiger partial charge in [0.1, 0.15) is 5.39 Å². The number of Topliss-reactive ketones (excluding diaryl/α,β-unsaturated/α-hetero) is 1. The van der Waals surface area contributed by atoms with Crippen LogP contribution in [0.1, 0.15) is 22.8 Å². The minimum Gasteiger partial charge on any atom is -0.325 e. The molecule has 0 atom stereocenters. The molecule has 0 aliphatic rings. The Morgan fingerprint density at radius 3 is 2.65 bits per heavy atom. The fourth-order valence-electron chi connectivity index (χ4n) is 3.03. The first-order chi connectivity index (χ1) is 14.9. The molecule has 2 heterocycles. The molecular formula is C22H19N5O3S. The number of carbonyl (C=O) groups excluding carboxylic acids is 2. The van der Waals surface area contributed by atoms with Gasteiger partial charge < -0.3 is 10.3 Å². The van der Waals surface area contributed by atoms with E-state index in [2.05, 4.69) is 20.4 Å². The molecule has 0 unspecified atom stereocenters. The summed E-state index contributed by atoms with van der Waals surface area (Å²) in [6, 6.07) is 14.4. The number of hydrogen-bond donors (Lipinski definition) is 2. The second kappa shape index (κ2) is 8.57. The number of benzene rings is 2. The lowest BCUT2D eigenvalue weighted by molar-refractivity contribution is -0.113. The number of nitrogens with one attached hydrogen (secondary N) is 2. The number of ketones is 1. The molecule has 0 saturated heterocycles. The third-order valence-corrected chi connectivity index (χ3v) is 5.45. The number of nitrogens with zero attached hydrogens (tertiary/aromatic N) is 3. The molecule has 0 radical (unpaired) electrons. The molecule has 0 spiro atoms. The monoisotopic (exact) mass is 433 g/mol. The van der Waals surface area contributed by atoms with E-state index in [0.717, 1.165) is 23.0 Å². The Morgan fingerprint density at radius 2 is 1.94 bits per heavy atom. The highest BCUT2D eigenvalue weighted by Crippen LogP contribution is 2.19. The number of hydrogen-bond acceptors (Lipinski definition) is 6. The van der Waals surface area contributed by atoms with Crippen molar-refractivity contribution in [2.24, 2.45) is 0 Å². The van der Waals surface area contributed by atoms with Gasteiger partial charge in [-0.15, -0.1) is 0 Å². The summed E-state index contributed by atoms with van der Waals surface area (Å²) in [5.41, 5.74) is 3.14. The zero-order valence-electron chi connectivity index (χ0n) is 16.9. The van der Waals surface area contributed by atoms with Crippen LogP contribution in [-0.2, 0) is 4.79 Å². The van der Waals surface area contributed by atoms with Crippen molar-refractivity contribution in [2.75, 3.05) is 11.1 Å². The Labute approximate surface area is 181 Å². The molecule has 8 nitrogen and oxygen atoms in total. The van der Waals surface area contributed by atoms with E-state index in [9.17, 15) is 14.4 Å². The first-order valence-electron chi connectivity index (χ1n) is 9.49. The Morgan fingerprint density at radius 1 is 1.16 bits per heavy atom. The van der Waals surface area contributed by atoms with Crippen molar-refractivity contribution >= 4 is 40.2 Å². The Bertz CT molecular complexity index is 1340. The molecule has 0 aliphatic carbocycles. The molecule has 2 aromatic carbocycles. The van der Waals surface area contributed by atoms with Crippen LogP contribution in [0.2, 0.25) is 0 Å². The van der Waals surface area contributed by atoms with Gasteiger partial charge in [-0.25, -0.2) is 9.67 Å². The van der Waals surface area contributed by atoms with Crippen molar-refractivity contribution < 1.29 is 9.59 Å². The van der Waals surface area contributed by atoms with E-state index < -0.39 is 0 Å². The summed E-state index contributed by atoms with van der Waals surface area (Å²) in [7, 11) is 0. The van der Waals surface area contributed by atoms with E-state index in [1.54, 1.807) is 28.9 Å². The summed E-state index contributed by atoms with van der Waals surface area (Å²) in [6.07, 6.45) is 1.48. The van der Waals surface area contributed by atoms with Crippen molar-refractivity contribution in [1.29, 1.82) is 0 Å². The third kappa shape index (κ3) is 4.56. The van der Waals surface area contributed by atoms with E-state index in [1.165, 1.54) is 13.1 Å². The quantitative estimate of drug-likeness (QED) is 0.274. The number of aromatic nitrogens is 4. The normalized spacial score (nSPS) is 10.9. The molecule has 0 fully saturated rings. The topological polar surface area (TPSA) is 110 Å². The average Bonchev–Trinajstić information content (AvgIpc) is 3.17. The fourth-order valence-corrected chi connectivity index (χ4v) is 3.69. The van der Waals surface area contributed by atoms with Crippen LogP contribution in [0.15, 0.2) is 64.7 Å². The number of aryl methyl sites for hydroxylation is 1. The van der Waals surface area contributed by atoms with Crippen molar-refractivity contribution in [3.8, 4) is 5.69 Å². The first kappa shape index (κ1) is 20.5. The maximum absolute atomic E-state index is 12.4. The van der Waals surface area contributed by atoms with E-state index in [0.29, 0.717) is 27.4 Å². The highest BCUT2D eigenvalue weighted by molar-refractivity contribution is 7.99. The molecule has 0 bridgehead atoms. The molecule has 4 rings (SSSR count). The Balaban J connectivity index is 1.51. The average molecular weight is 433 g/mol. The lowest BCUT2D eigenvalue weighted by Gasteiger charge is -2.07. The molecule has 156 valence electrons. The van der Waals surface area contributed by atoms with Crippen LogP contribution in [0.5, 0.6) is 0 Å². The number of carbonyl (C=O) groups is 2. The highest BCUT2D eigenvalue weighted by atomic mass is 32.2. The molecule has 0 saturated carbocycles. The van der Waals surface area contributed by atoms with E-state index in [-0.39, 0.29) is 23.0 Å². The van der Waals surface area contributed by atoms with Gasteiger partial charge in [-0.3, -0.25) is 14.4 Å². The van der Waals surface area contributed by atoms with Gasteiger partial charge in [0, 0.05) is 11.3 Å². The van der Waals surface area contributed by atoms with E-state index >= 15 is 0 Å². The number of amides is 1. The van der Waals surface area contributed by atoms with Crippen LogP contribution in [0.4, 0.5) is 5.69 Å². The zero-order valence-corrected chi connectivity index (χ0v) is 17.7. The lowest BCUT2D eigenvalue weighted by atomic mass is 10.1. The predicted octanol–water partition coefficient (Wildman–Crippen LogP) is 3.35. The van der Waals surface area contributed by atoms with E-state index in [4.69, 9.17) is 0 Å². The molecule has 1 amide bonds. The maximum atomic E-state index is 12.4. The van der Waals surface area contributed by atoms with E-state index in [1.807, 2.05) is 31.2 Å². The molecule has 4 aromatic rings. The summed E-state index contributed by atoms with van der Waals surface area (Å²) >= 11 is 1.12. The van der Waals surface area contributed by atoms with Gasteiger partial charge >= 0.3 is 0 Å². The minimum absolute atomic E-state index is 0.0382. The van der Waals surface area contributed by atoms with Gasteiger partial charge in [0.2, 0.25) is 5.91 Å². The number of thioether (sulfide) groups is 1. The summed E-state index contributed by atoms with van der Waals surface area (Å²) in [6.45, 7) is 3.46. The molecule has 2 N–H and O–H groups in total. The first-order valence-corrected chi connectivity index (χ1v) is 10.5. The largest absolute Gasteiger partial charge is 0.325 e. The van der Waals surface area contributed by atoms with Gasteiger partial charge in [-0.1, -0.05) is 23.9 Å². The summed E-state index contributed by atoms with van der Waals surface area (Å²) in [5.74, 6) is -0.235. The number of aromatic amines is 1. The van der Waals surface area contributed by atoms with Crippen LogP contribution in [0, 0.1) is 6.92 Å². The van der Waals surface area contributed by atoms with Gasteiger partial charge in [0.05, 0.1) is 17.6 Å². The van der Waals surface area contributed by atoms with Crippen LogP contribution < -0.4 is 10.9 Å². The third-order valence-electron chi connectivity index (χ3n) is 4.58. The van der Waals surface area contributed by atoms with Crippen LogP contribution >= 0.6 is 11.8 Å². The summed E-state index contributed by atoms with van der Waals surface area (Å²) in [4.78, 5) is 43.3. The second-order valence-electron chi connectivity index (χ2n) is 6.97.